The van der Waals surface area contributed by atoms with Gasteiger partial charge < -0.3 is 4.74 Å². The molecule has 0 bridgehead atoms. The Kier molecular flexibility index (Phi) is 5.90. The molecule has 0 aliphatic rings. The summed E-state index contributed by atoms with van der Waals surface area (Å²) in [5, 5.41) is 5.00. The van der Waals surface area contributed by atoms with Gasteiger partial charge in [0, 0.05) is 10.9 Å². The molecule has 7 nitrogen and oxygen atoms in total. The first-order chi connectivity index (χ1) is 13.7. The Labute approximate surface area is 173 Å². The monoisotopic (exact) mass is 431 g/mol. The number of ether oxygens (including phenoxy) is 1. The van der Waals surface area contributed by atoms with Crippen LogP contribution in [0.4, 0.5) is 10.8 Å². The lowest BCUT2D eigenvalue weighted by atomic mass is 10.1. The fourth-order valence-corrected chi connectivity index (χ4v) is 4.42. The third-order valence-corrected chi connectivity index (χ3v) is 6.57. The van der Waals surface area contributed by atoms with E-state index in [1.807, 2.05) is 26.2 Å². The number of amides is 1. The van der Waals surface area contributed by atoms with Gasteiger partial charge in [0.1, 0.15) is 5.75 Å². The molecule has 3 aromatic rings. The van der Waals surface area contributed by atoms with Crippen molar-refractivity contribution in [2.75, 3.05) is 17.1 Å². The summed E-state index contributed by atoms with van der Waals surface area (Å²) < 4.78 is 33.4. The second-order valence-corrected chi connectivity index (χ2v) is 9.06. The van der Waals surface area contributed by atoms with Gasteiger partial charge in [0.15, 0.2) is 5.13 Å². The summed E-state index contributed by atoms with van der Waals surface area (Å²) in [6.07, 6.45) is 0. The molecular weight excluding hydrogens is 410 g/mol. The number of rotatable bonds is 6. The normalized spacial score (nSPS) is 11.2. The molecule has 0 aliphatic carbocycles. The van der Waals surface area contributed by atoms with Gasteiger partial charge >= 0.3 is 0 Å². The summed E-state index contributed by atoms with van der Waals surface area (Å²) in [5.41, 5.74) is 3.12. The zero-order valence-corrected chi connectivity index (χ0v) is 18.1. The Morgan fingerprint density at radius 3 is 2.45 bits per heavy atom. The van der Waals surface area contributed by atoms with Crippen molar-refractivity contribution < 1.29 is 17.9 Å². The average Bonchev–Trinajstić information content (AvgIpc) is 3.08. The van der Waals surface area contributed by atoms with Crippen molar-refractivity contribution in [2.45, 2.75) is 25.7 Å². The summed E-state index contributed by atoms with van der Waals surface area (Å²) in [4.78, 5) is 16.9. The lowest BCUT2D eigenvalue weighted by Crippen LogP contribution is -2.16. The van der Waals surface area contributed by atoms with Crippen LogP contribution in [-0.4, -0.2) is 26.4 Å². The zero-order chi connectivity index (χ0) is 21.2. The van der Waals surface area contributed by atoms with Crippen LogP contribution in [0.3, 0.4) is 0 Å². The maximum Gasteiger partial charge on any atom is 0.262 e. The molecule has 0 fully saturated rings. The van der Waals surface area contributed by atoms with Crippen LogP contribution in [0.5, 0.6) is 5.75 Å². The summed E-state index contributed by atoms with van der Waals surface area (Å²) in [5.74, 6) is -0.0901. The number of sulfonamides is 1. The highest BCUT2D eigenvalue weighted by Gasteiger charge is 2.19. The van der Waals surface area contributed by atoms with E-state index in [0.29, 0.717) is 10.9 Å². The minimum absolute atomic E-state index is 0.135. The molecule has 0 spiro atoms. The molecule has 1 heterocycles. The number of anilines is 2. The molecule has 0 aliphatic heterocycles. The van der Waals surface area contributed by atoms with E-state index >= 15 is 0 Å². The fraction of sp³-hybridized carbons (Fsp3) is 0.200. The molecule has 152 valence electrons. The summed E-state index contributed by atoms with van der Waals surface area (Å²) >= 11 is 1.31. The molecule has 29 heavy (non-hydrogen) atoms. The van der Waals surface area contributed by atoms with Gasteiger partial charge in [-0.1, -0.05) is 6.07 Å². The van der Waals surface area contributed by atoms with Gasteiger partial charge in [-0.2, -0.15) is 0 Å². The van der Waals surface area contributed by atoms with E-state index in [1.54, 1.807) is 30.3 Å². The lowest BCUT2D eigenvalue weighted by Gasteiger charge is -2.14. The number of aromatic nitrogens is 1. The van der Waals surface area contributed by atoms with Gasteiger partial charge in [-0.3, -0.25) is 14.8 Å². The Hall–Kier alpha value is -2.91. The first-order valence-corrected chi connectivity index (χ1v) is 11.1. The number of aryl methyl sites for hydroxylation is 3. The smallest absolute Gasteiger partial charge is 0.262 e. The Bertz CT molecular complexity index is 1170. The maximum atomic E-state index is 12.8. The minimum Gasteiger partial charge on any atom is -0.495 e. The standard InChI is InChI=1S/C20H21N3O4S2/c1-12-5-7-16(9-13(12)2)29(25,26)23-17-10-15(6-8-18(17)27-4)19(24)22-20-21-14(3)11-28-20/h5-11,23H,1-4H3,(H,21,22,24). The van der Waals surface area contributed by atoms with Gasteiger partial charge in [-0.05, 0) is 62.2 Å². The molecular formula is C20H21N3O4S2. The largest absolute Gasteiger partial charge is 0.495 e. The van der Waals surface area contributed by atoms with Crippen LogP contribution in [0.1, 0.15) is 27.2 Å². The van der Waals surface area contributed by atoms with E-state index in [1.165, 1.54) is 24.5 Å². The predicted octanol–water partition coefficient (Wildman–Crippen LogP) is 4.13. The number of thiazole rings is 1. The first kappa shape index (κ1) is 20.8. The molecule has 1 aromatic heterocycles. The van der Waals surface area contributed by atoms with E-state index < -0.39 is 15.9 Å². The van der Waals surface area contributed by atoms with Crippen molar-refractivity contribution in [3.63, 3.8) is 0 Å². The Balaban J connectivity index is 1.90. The Morgan fingerprint density at radius 1 is 1.07 bits per heavy atom. The van der Waals surface area contributed by atoms with Crippen molar-refractivity contribution >= 4 is 38.1 Å². The topological polar surface area (TPSA) is 97.4 Å². The number of carbonyl (C=O) groups excluding carboxylic acids is 1. The molecule has 2 aromatic carbocycles. The highest BCUT2D eigenvalue weighted by molar-refractivity contribution is 7.92. The van der Waals surface area contributed by atoms with Gasteiger partial charge in [0.05, 0.1) is 23.4 Å². The first-order valence-electron chi connectivity index (χ1n) is 8.71. The van der Waals surface area contributed by atoms with Crippen LogP contribution in [0.2, 0.25) is 0 Å². The van der Waals surface area contributed by atoms with Gasteiger partial charge in [0.2, 0.25) is 0 Å². The van der Waals surface area contributed by atoms with E-state index in [0.717, 1.165) is 16.8 Å². The van der Waals surface area contributed by atoms with E-state index in [9.17, 15) is 13.2 Å². The quantitative estimate of drug-likeness (QED) is 0.612. The molecule has 0 atom stereocenters. The van der Waals surface area contributed by atoms with Crippen molar-refractivity contribution in [3.05, 3.63) is 64.2 Å². The predicted molar refractivity (Wildman–Crippen MR) is 115 cm³/mol. The van der Waals surface area contributed by atoms with Gasteiger partial charge in [0.25, 0.3) is 15.9 Å². The van der Waals surface area contributed by atoms with Crippen molar-refractivity contribution in [1.82, 2.24) is 4.98 Å². The zero-order valence-electron chi connectivity index (χ0n) is 16.4. The van der Waals surface area contributed by atoms with Crippen LogP contribution in [0.15, 0.2) is 46.7 Å². The van der Waals surface area contributed by atoms with Crippen molar-refractivity contribution in [2.24, 2.45) is 0 Å². The molecule has 2 N–H and O–H groups in total. The highest BCUT2D eigenvalue weighted by atomic mass is 32.2. The summed E-state index contributed by atoms with van der Waals surface area (Å²) in [6.45, 7) is 5.59. The minimum atomic E-state index is -3.86. The fourth-order valence-electron chi connectivity index (χ4n) is 2.59. The third kappa shape index (κ3) is 4.75. The average molecular weight is 432 g/mol. The van der Waals surface area contributed by atoms with Crippen LogP contribution in [-0.2, 0) is 10.0 Å². The molecule has 9 heteroatoms. The number of hydrogen-bond acceptors (Lipinski definition) is 6. The second kappa shape index (κ2) is 8.22. The summed E-state index contributed by atoms with van der Waals surface area (Å²) in [7, 11) is -2.42. The van der Waals surface area contributed by atoms with Gasteiger partial charge in [-0.25, -0.2) is 13.4 Å². The lowest BCUT2D eigenvalue weighted by molar-refractivity contribution is 0.102. The SMILES string of the molecule is COc1ccc(C(=O)Nc2nc(C)cs2)cc1NS(=O)(=O)c1ccc(C)c(C)c1. The number of hydrogen-bond donors (Lipinski definition) is 2. The number of benzene rings is 2. The number of nitrogens with one attached hydrogen (secondary N) is 2. The number of nitrogens with zero attached hydrogens (tertiary/aromatic N) is 1. The number of methoxy groups -OCH3 is 1. The van der Waals surface area contributed by atoms with E-state index in [2.05, 4.69) is 15.0 Å². The molecule has 0 saturated carbocycles. The van der Waals surface area contributed by atoms with E-state index in [4.69, 9.17) is 4.74 Å². The number of carbonyl (C=O) groups is 1. The third-order valence-electron chi connectivity index (χ3n) is 4.33. The van der Waals surface area contributed by atoms with Crippen LogP contribution < -0.4 is 14.8 Å². The highest BCUT2D eigenvalue weighted by Crippen LogP contribution is 2.29. The summed E-state index contributed by atoms with van der Waals surface area (Å²) in [6, 6.07) is 9.43. The van der Waals surface area contributed by atoms with Crippen LogP contribution in [0, 0.1) is 20.8 Å². The molecule has 3 rings (SSSR count). The Morgan fingerprint density at radius 2 is 1.83 bits per heavy atom. The molecule has 0 saturated heterocycles. The second-order valence-electron chi connectivity index (χ2n) is 6.51. The maximum absolute atomic E-state index is 12.8. The molecule has 0 radical (unpaired) electrons. The van der Waals surface area contributed by atoms with Crippen molar-refractivity contribution in [3.8, 4) is 5.75 Å². The molecule has 0 unspecified atom stereocenters. The van der Waals surface area contributed by atoms with Crippen LogP contribution in [0.25, 0.3) is 0 Å². The van der Waals surface area contributed by atoms with Gasteiger partial charge in [-0.15, -0.1) is 11.3 Å². The molecule has 1 amide bonds. The van der Waals surface area contributed by atoms with Crippen molar-refractivity contribution in [1.29, 1.82) is 0 Å². The van der Waals surface area contributed by atoms with Crippen LogP contribution >= 0.6 is 11.3 Å². The van der Waals surface area contributed by atoms with E-state index in [-0.39, 0.29) is 16.1 Å².